The first-order valence-electron chi connectivity index (χ1n) is 5.29. The van der Waals surface area contributed by atoms with Crippen LogP contribution in [0.25, 0.3) is 0 Å². The van der Waals surface area contributed by atoms with E-state index in [-0.39, 0.29) is 11.9 Å². The van der Waals surface area contributed by atoms with Crippen molar-refractivity contribution in [2.24, 2.45) is 11.8 Å². The Labute approximate surface area is 98.5 Å². The van der Waals surface area contributed by atoms with Gasteiger partial charge in [-0.05, 0) is 13.3 Å². The molecule has 0 spiro atoms. The molecule has 2 rings (SSSR count). The molecule has 0 aromatic carbocycles. The van der Waals surface area contributed by atoms with E-state index in [0.717, 1.165) is 0 Å². The number of carboxylic acid groups (broad SMARTS) is 1. The summed E-state index contributed by atoms with van der Waals surface area (Å²) in [5.41, 5.74) is 0. The van der Waals surface area contributed by atoms with Crippen LogP contribution >= 0.6 is 12.6 Å². The lowest BCUT2D eigenvalue weighted by atomic mass is 9.79. The van der Waals surface area contributed by atoms with Crippen LogP contribution in [0.15, 0.2) is 0 Å². The number of hydrogen-bond acceptors (Lipinski definition) is 5. The number of carbonyl (C=O) groups excluding carboxylic acids is 1. The highest BCUT2D eigenvalue weighted by atomic mass is 32.1. The van der Waals surface area contributed by atoms with Crippen LogP contribution in [0.3, 0.4) is 0 Å². The van der Waals surface area contributed by atoms with Crippen LogP contribution < -0.4 is 0 Å². The number of aliphatic carboxylic acids is 1. The maximum Gasteiger partial charge on any atom is 0.312 e. The second-order valence-corrected chi connectivity index (χ2v) is 4.75. The molecule has 2 bridgehead atoms. The van der Waals surface area contributed by atoms with E-state index < -0.39 is 36.0 Å². The maximum absolute atomic E-state index is 11.7. The summed E-state index contributed by atoms with van der Waals surface area (Å²) < 4.78 is 10.4. The number of hydrogen-bond donors (Lipinski definition) is 2. The van der Waals surface area contributed by atoms with Crippen molar-refractivity contribution in [2.75, 3.05) is 6.61 Å². The van der Waals surface area contributed by atoms with E-state index in [9.17, 15) is 9.59 Å². The molecule has 0 amide bonds. The van der Waals surface area contributed by atoms with Gasteiger partial charge in [0.2, 0.25) is 0 Å². The Balaban J connectivity index is 2.19. The number of rotatable bonds is 3. The zero-order chi connectivity index (χ0) is 11.9. The van der Waals surface area contributed by atoms with Gasteiger partial charge in [-0.3, -0.25) is 9.59 Å². The summed E-state index contributed by atoms with van der Waals surface area (Å²) in [6.07, 6.45) is -0.242. The van der Waals surface area contributed by atoms with Crippen molar-refractivity contribution in [1.29, 1.82) is 0 Å². The van der Waals surface area contributed by atoms with E-state index in [2.05, 4.69) is 12.6 Å². The molecule has 5 atom stereocenters. The lowest BCUT2D eigenvalue weighted by Gasteiger charge is -2.26. The largest absolute Gasteiger partial charge is 0.481 e. The third-order valence-corrected chi connectivity index (χ3v) is 3.67. The average Bonchev–Trinajstić information content (AvgIpc) is 2.73. The topological polar surface area (TPSA) is 72.8 Å². The number of carboxylic acids is 1. The molecule has 2 fully saturated rings. The Morgan fingerprint density at radius 1 is 1.50 bits per heavy atom. The van der Waals surface area contributed by atoms with Gasteiger partial charge in [-0.2, -0.15) is 12.6 Å². The van der Waals surface area contributed by atoms with Crippen molar-refractivity contribution in [2.45, 2.75) is 30.8 Å². The fraction of sp³-hybridized carbons (Fsp3) is 0.800. The van der Waals surface area contributed by atoms with Crippen LogP contribution in [0.2, 0.25) is 0 Å². The molecule has 90 valence electrons. The highest BCUT2D eigenvalue weighted by Gasteiger charge is 2.59. The summed E-state index contributed by atoms with van der Waals surface area (Å²) in [4.78, 5) is 22.8. The predicted molar refractivity (Wildman–Crippen MR) is 57.3 cm³/mol. The summed E-state index contributed by atoms with van der Waals surface area (Å²) >= 11 is 4.30. The van der Waals surface area contributed by atoms with Crippen LogP contribution in [0.1, 0.15) is 13.3 Å². The van der Waals surface area contributed by atoms with Gasteiger partial charge in [-0.1, -0.05) is 0 Å². The van der Waals surface area contributed by atoms with Gasteiger partial charge in [0.1, 0.15) is 0 Å². The average molecular weight is 246 g/mol. The molecule has 2 saturated heterocycles. The Kier molecular flexibility index (Phi) is 3.12. The Morgan fingerprint density at radius 2 is 2.19 bits per heavy atom. The molecule has 5 unspecified atom stereocenters. The molecule has 0 saturated carbocycles. The van der Waals surface area contributed by atoms with Crippen molar-refractivity contribution >= 4 is 24.6 Å². The van der Waals surface area contributed by atoms with Gasteiger partial charge >= 0.3 is 11.9 Å². The summed E-state index contributed by atoms with van der Waals surface area (Å²) in [7, 11) is 0. The fourth-order valence-electron chi connectivity index (χ4n) is 2.54. The van der Waals surface area contributed by atoms with Crippen molar-refractivity contribution in [1.82, 2.24) is 0 Å². The lowest BCUT2D eigenvalue weighted by Crippen LogP contribution is -2.43. The van der Waals surface area contributed by atoms with Gasteiger partial charge in [-0.15, -0.1) is 0 Å². The van der Waals surface area contributed by atoms with Crippen LogP contribution in [-0.2, 0) is 19.1 Å². The highest BCUT2D eigenvalue weighted by Crippen LogP contribution is 2.46. The zero-order valence-corrected chi connectivity index (χ0v) is 9.72. The van der Waals surface area contributed by atoms with Crippen LogP contribution in [0, 0.1) is 11.8 Å². The van der Waals surface area contributed by atoms with Gasteiger partial charge in [0.25, 0.3) is 0 Å². The maximum atomic E-state index is 11.7. The quantitative estimate of drug-likeness (QED) is 0.555. The molecule has 5 nitrogen and oxygen atoms in total. The van der Waals surface area contributed by atoms with E-state index in [1.54, 1.807) is 6.92 Å². The van der Waals surface area contributed by atoms with E-state index >= 15 is 0 Å². The van der Waals surface area contributed by atoms with Crippen LogP contribution in [0.5, 0.6) is 0 Å². The summed E-state index contributed by atoms with van der Waals surface area (Å²) in [6, 6.07) is 0. The molecule has 1 N–H and O–H groups in total. The number of carbonyl (C=O) groups is 2. The number of esters is 1. The van der Waals surface area contributed by atoms with Gasteiger partial charge in [0.15, 0.2) is 0 Å². The van der Waals surface area contributed by atoms with Crippen LogP contribution in [-0.4, -0.2) is 41.1 Å². The molecule has 6 heteroatoms. The Hall–Kier alpha value is -0.750. The van der Waals surface area contributed by atoms with Crippen molar-refractivity contribution < 1.29 is 24.2 Å². The number of thiol groups is 1. The molecule has 2 heterocycles. The Morgan fingerprint density at radius 3 is 2.75 bits per heavy atom. The summed E-state index contributed by atoms with van der Waals surface area (Å²) in [6.45, 7) is 1.94. The molecule has 16 heavy (non-hydrogen) atoms. The molecule has 0 aromatic heterocycles. The minimum atomic E-state index is -0.995. The van der Waals surface area contributed by atoms with Crippen molar-refractivity contribution in [3.63, 3.8) is 0 Å². The summed E-state index contributed by atoms with van der Waals surface area (Å²) in [5, 5.41) is 9.02. The van der Waals surface area contributed by atoms with E-state index in [1.165, 1.54) is 0 Å². The smallest absolute Gasteiger partial charge is 0.312 e. The Bertz CT molecular complexity index is 318. The van der Waals surface area contributed by atoms with E-state index in [4.69, 9.17) is 14.6 Å². The first kappa shape index (κ1) is 11.7. The monoisotopic (exact) mass is 246 g/mol. The second kappa shape index (κ2) is 4.25. The van der Waals surface area contributed by atoms with Gasteiger partial charge < -0.3 is 14.6 Å². The molecule has 0 aliphatic carbocycles. The van der Waals surface area contributed by atoms with E-state index in [1.807, 2.05) is 0 Å². The van der Waals surface area contributed by atoms with E-state index in [0.29, 0.717) is 6.42 Å². The van der Waals surface area contributed by atoms with Gasteiger partial charge in [0, 0.05) is 5.25 Å². The minimum absolute atomic E-state index is 0.0741. The van der Waals surface area contributed by atoms with Crippen molar-refractivity contribution in [3.05, 3.63) is 0 Å². The molecule has 2 aliphatic heterocycles. The minimum Gasteiger partial charge on any atom is -0.481 e. The van der Waals surface area contributed by atoms with Crippen LogP contribution in [0.4, 0.5) is 0 Å². The third-order valence-electron chi connectivity index (χ3n) is 3.17. The third kappa shape index (κ3) is 1.69. The molecular formula is C10H14O5S. The van der Waals surface area contributed by atoms with Crippen molar-refractivity contribution in [3.8, 4) is 0 Å². The van der Waals surface area contributed by atoms with Gasteiger partial charge in [-0.25, -0.2) is 0 Å². The fourth-order valence-corrected chi connectivity index (χ4v) is 3.01. The molecule has 0 aromatic rings. The molecular weight excluding hydrogens is 232 g/mol. The lowest BCUT2D eigenvalue weighted by molar-refractivity contribution is -0.157. The number of ether oxygens (including phenoxy) is 2. The second-order valence-electron chi connectivity index (χ2n) is 4.08. The predicted octanol–water partition coefficient (Wildman–Crippen LogP) is 0.336. The number of fused-ring (bicyclic) bond motifs is 2. The normalized spacial score (nSPS) is 41.0. The first-order valence-corrected chi connectivity index (χ1v) is 5.80. The standard InChI is InChI=1S/C10H14O5S/c1-2-14-10(13)7-6(9(11)12)4-3-5(16)8(7)15-4/h4-8,16H,2-3H2,1H3,(H,11,12). The molecule has 2 aliphatic rings. The van der Waals surface area contributed by atoms with Gasteiger partial charge in [0.05, 0.1) is 30.7 Å². The molecule has 0 radical (unpaired) electrons. The summed E-state index contributed by atoms with van der Waals surface area (Å²) in [5.74, 6) is -2.97. The first-order chi connectivity index (χ1) is 7.56. The highest BCUT2D eigenvalue weighted by molar-refractivity contribution is 7.81. The SMILES string of the molecule is CCOC(=O)C1C2OC(CC2S)C1C(=O)O. The zero-order valence-electron chi connectivity index (χ0n) is 8.83.